The van der Waals surface area contributed by atoms with Crippen LogP contribution in [0.2, 0.25) is 0 Å². The second-order valence-corrected chi connectivity index (χ2v) is 7.15. The van der Waals surface area contributed by atoms with E-state index in [1.54, 1.807) is 18.3 Å². The minimum absolute atomic E-state index is 0.0856. The van der Waals surface area contributed by atoms with Crippen LogP contribution in [-0.2, 0) is 4.74 Å². The zero-order valence-corrected chi connectivity index (χ0v) is 14.6. The van der Waals surface area contributed by atoms with Gasteiger partial charge >= 0.3 is 0 Å². The summed E-state index contributed by atoms with van der Waals surface area (Å²) in [5.74, 6) is 0.470. The molecule has 2 fully saturated rings. The minimum atomic E-state index is -0.183. The monoisotopic (exact) mass is 356 g/mol. The van der Waals surface area contributed by atoms with Crippen LogP contribution in [0.25, 0.3) is 10.9 Å². The number of hydrogen-bond acceptors (Lipinski definition) is 6. The first-order chi connectivity index (χ1) is 12.7. The van der Waals surface area contributed by atoms with Crippen LogP contribution in [0.4, 0.5) is 5.95 Å². The summed E-state index contributed by atoms with van der Waals surface area (Å²) in [6, 6.07) is 5.84. The maximum absolute atomic E-state index is 12.4. The fourth-order valence-corrected chi connectivity index (χ4v) is 3.55. The molecule has 2 aromatic rings. The molecular formula is C19H24N4O3. The Kier molecular flexibility index (Phi) is 4.99. The zero-order chi connectivity index (χ0) is 17.9. The molecule has 1 saturated carbocycles. The molecule has 4 rings (SSSR count). The van der Waals surface area contributed by atoms with Crippen molar-refractivity contribution >= 4 is 22.8 Å². The first-order valence-corrected chi connectivity index (χ1v) is 9.27. The van der Waals surface area contributed by atoms with Gasteiger partial charge in [0.05, 0.1) is 24.3 Å². The van der Waals surface area contributed by atoms with Gasteiger partial charge in [0.25, 0.3) is 5.91 Å². The van der Waals surface area contributed by atoms with Crippen LogP contribution >= 0.6 is 0 Å². The Morgan fingerprint density at radius 2 is 2.00 bits per heavy atom. The summed E-state index contributed by atoms with van der Waals surface area (Å²) < 4.78 is 5.30. The number of fused-ring (bicyclic) bond motifs is 1. The Hall–Kier alpha value is -2.25. The van der Waals surface area contributed by atoms with Crippen molar-refractivity contribution in [2.45, 2.75) is 50.3 Å². The Balaban J connectivity index is 1.48. The molecule has 0 spiro atoms. The predicted octanol–water partition coefficient (Wildman–Crippen LogP) is 1.86. The summed E-state index contributed by atoms with van der Waals surface area (Å²) in [4.78, 5) is 21.4. The fraction of sp³-hybridized carbons (Fsp3) is 0.526. The third-order valence-corrected chi connectivity index (χ3v) is 5.14. The van der Waals surface area contributed by atoms with Gasteiger partial charge in [-0.2, -0.15) is 0 Å². The average Bonchev–Trinajstić information content (AvgIpc) is 3.16. The van der Waals surface area contributed by atoms with Gasteiger partial charge in [0, 0.05) is 29.8 Å². The third-order valence-electron chi connectivity index (χ3n) is 5.14. The van der Waals surface area contributed by atoms with Crippen LogP contribution in [-0.4, -0.2) is 52.4 Å². The van der Waals surface area contributed by atoms with Gasteiger partial charge < -0.3 is 20.5 Å². The van der Waals surface area contributed by atoms with Gasteiger partial charge in [0.15, 0.2) is 0 Å². The molecular weight excluding hydrogens is 332 g/mol. The summed E-state index contributed by atoms with van der Waals surface area (Å²) in [7, 11) is 0. The maximum Gasteiger partial charge on any atom is 0.251 e. The lowest BCUT2D eigenvalue weighted by Gasteiger charge is -2.26. The summed E-state index contributed by atoms with van der Waals surface area (Å²) in [5.41, 5.74) is 1.34. The average molecular weight is 356 g/mol. The predicted molar refractivity (Wildman–Crippen MR) is 98.1 cm³/mol. The lowest BCUT2D eigenvalue weighted by molar-refractivity contribution is 0.0930. The SMILES string of the molecule is O=C(NC1CCOC1)c1ccc2cnc(N[C@H]3CC[C@H](O)CC3)nc2c1. The van der Waals surface area contributed by atoms with E-state index in [2.05, 4.69) is 20.6 Å². The number of hydrogen-bond donors (Lipinski definition) is 3. The van der Waals surface area contributed by atoms with Gasteiger partial charge in [0.1, 0.15) is 0 Å². The van der Waals surface area contributed by atoms with E-state index >= 15 is 0 Å². The van der Waals surface area contributed by atoms with E-state index in [1.165, 1.54) is 0 Å². The topological polar surface area (TPSA) is 96.4 Å². The first kappa shape index (κ1) is 17.2. The van der Waals surface area contributed by atoms with Crippen molar-refractivity contribution in [3.8, 4) is 0 Å². The quantitative estimate of drug-likeness (QED) is 0.774. The van der Waals surface area contributed by atoms with Crippen molar-refractivity contribution in [3.05, 3.63) is 30.0 Å². The largest absolute Gasteiger partial charge is 0.393 e. The van der Waals surface area contributed by atoms with E-state index in [0.717, 1.165) is 43.0 Å². The van der Waals surface area contributed by atoms with E-state index < -0.39 is 0 Å². The highest BCUT2D eigenvalue weighted by atomic mass is 16.5. The van der Waals surface area contributed by atoms with Crippen LogP contribution in [0.3, 0.4) is 0 Å². The van der Waals surface area contributed by atoms with Crippen molar-refractivity contribution in [1.82, 2.24) is 15.3 Å². The molecule has 1 aliphatic carbocycles. The van der Waals surface area contributed by atoms with E-state index in [0.29, 0.717) is 24.7 Å². The molecule has 0 radical (unpaired) electrons. The van der Waals surface area contributed by atoms with E-state index in [-0.39, 0.29) is 24.1 Å². The molecule has 0 bridgehead atoms. The molecule has 2 aliphatic rings. The van der Waals surface area contributed by atoms with Crippen molar-refractivity contribution in [2.24, 2.45) is 0 Å². The highest BCUT2D eigenvalue weighted by Crippen LogP contribution is 2.22. The Morgan fingerprint density at radius 1 is 1.15 bits per heavy atom. The second kappa shape index (κ2) is 7.55. The van der Waals surface area contributed by atoms with Crippen LogP contribution in [0.1, 0.15) is 42.5 Å². The summed E-state index contributed by atoms with van der Waals surface area (Å²) in [5, 5.41) is 16.9. The molecule has 1 amide bonds. The van der Waals surface area contributed by atoms with Gasteiger partial charge in [-0.25, -0.2) is 9.97 Å². The van der Waals surface area contributed by atoms with Crippen LogP contribution in [0.5, 0.6) is 0 Å². The third kappa shape index (κ3) is 3.94. The molecule has 1 unspecified atom stereocenters. The minimum Gasteiger partial charge on any atom is -0.393 e. The molecule has 1 atom stereocenters. The Morgan fingerprint density at radius 3 is 2.77 bits per heavy atom. The number of aromatic nitrogens is 2. The number of aliphatic hydroxyl groups is 1. The van der Waals surface area contributed by atoms with E-state index in [9.17, 15) is 9.90 Å². The molecule has 1 aromatic heterocycles. The van der Waals surface area contributed by atoms with E-state index in [1.807, 2.05) is 6.07 Å². The normalized spacial score (nSPS) is 26.0. The van der Waals surface area contributed by atoms with Crippen LogP contribution in [0.15, 0.2) is 24.4 Å². The highest BCUT2D eigenvalue weighted by molar-refractivity contribution is 5.98. The molecule has 1 aromatic carbocycles. The number of nitrogens with one attached hydrogen (secondary N) is 2. The van der Waals surface area contributed by atoms with Gasteiger partial charge in [-0.3, -0.25) is 4.79 Å². The lowest BCUT2D eigenvalue weighted by Crippen LogP contribution is -2.34. The molecule has 2 heterocycles. The molecule has 1 aliphatic heterocycles. The number of carbonyl (C=O) groups excluding carboxylic acids is 1. The number of amides is 1. The number of anilines is 1. The van der Waals surface area contributed by atoms with Crippen LogP contribution < -0.4 is 10.6 Å². The summed E-state index contributed by atoms with van der Waals surface area (Å²) in [6.07, 6.45) is 5.88. The standard InChI is InChI=1S/C19H24N4O3/c24-16-5-3-14(4-6-16)22-19-20-10-13-2-1-12(9-17(13)23-19)18(25)21-15-7-8-26-11-15/h1-2,9-10,14-16,24H,3-8,11H2,(H,21,25)(H,20,22,23)/t14-,15?,16-. The van der Waals surface area contributed by atoms with E-state index in [4.69, 9.17) is 4.74 Å². The number of carbonyl (C=O) groups is 1. The molecule has 26 heavy (non-hydrogen) atoms. The zero-order valence-electron chi connectivity index (χ0n) is 14.6. The summed E-state index contributed by atoms with van der Waals surface area (Å²) in [6.45, 7) is 1.27. The van der Waals surface area contributed by atoms with Gasteiger partial charge in [-0.15, -0.1) is 0 Å². The fourth-order valence-electron chi connectivity index (χ4n) is 3.55. The van der Waals surface area contributed by atoms with Crippen molar-refractivity contribution in [2.75, 3.05) is 18.5 Å². The molecule has 1 saturated heterocycles. The second-order valence-electron chi connectivity index (χ2n) is 7.15. The van der Waals surface area contributed by atoms with Gasteiger partial charge in [0.2, 0.25) is 5.95 Å². The Bertz CT molecular complexity index is 783. The smallest absolute Gasteiger partial charge is 0.251 e. The molecule has 7 heteroatoms. The Labute approximate surface area is 152 Å². The van der Waals surface area contributed by atoms with Gasteiger partial charge in [-0.05, 0) is 44.2 Å². The van der Waals surface area contributed by atoms with Crippen LogP contribution in [0, 0.1) is 0 Å². The van der Waals surface area contributed by atoms with Gasteiger partial charge in [-0.1, -0.05) is 6.07 Å². The van der Waals surface area contributed by atoms with Crippen molar-refractivity contribution < 1.29 is 14.6 Å². The highest BCUT2D eigenvalue weighted by Gasteiger charge is 2.21. The number of aliphatic hydroxyl groups excluding tert-OH is 1. The van der Waals surface area contributed by atoms with Crippen molar-refractivity contribution in [3.63, 3.8) is 0 Å². The molecule has 7 nitrogen and oxygen atoms in total. The number of ether oxygens (including phenoxy) is 1. The number of rotatable bonds is 4. The molecule has 138 valence electrons. The number of nitrogens with zero attached hydrogens (tertiary/aromatic N) is 2. The summed E-state index contributed by atoms with van der Waals surface area (Å²) >= 11 is 0. The maximum atomic E-state index is 12.4. The lowest BCUT2D eigenvalue weighted by atomic mass is 9.93. The first-order valence-electron chi connectivity index (χ1n) is 9.27. The molecule has 3 N–H and O–H groups in total. The van der Waals surface area contributed by atoms with Crippen molar-refractivity contribution in [1.29, 1.82) is 0 Å². The number of benzene rings is 1.